The molecular formula is C15H20F2N2O2. The molecule has 0 aliphatic carbocycles. The number of hydrogen-bond acceptors (Lipinski definition) is 3. The van der Waals surface area contributed by atoms with Crippen LogP contribution >= 0.6 is 0 Å². The molecule has 0 atom stereocenters. The van der Waals surface area contributed by atoms with Crippen molar-refractivity contribution in [3.05, 3.63) is 29.8 Å². The maximum absolute atomic E-state index is 13.3. The van der Waals surface area contributed by atoms with E-state index < -0.39 is 11.6 Å². The summed E-state index contributed by atoms with van der Waals surface area (Å²) in [6.45, 7) is 3.51. The highest BCUT2D eigenvalue weighted by Gasteiger charge is 2.14. The van der Waals surface area contributed by atoms with E-state index >= 15 is 0 Å². The van der Waals surface area contributed by atoms with E-state index in [-0.39, 0.29) is 18.3 Å². The first kappa shape index (κ1) is 15.7. The summed E-state index contributed by atoms with van der Waals surface area (Å²) >= 11 is 0. The Hall–Kier alpha value is -1.69. The van der Waals surface area contributed by atoms with Gasteiger partial charge in [0.15, 0.2) is 11.6 Å². The summed E-state index contributed by atoms with van der Waals surface area (Å²) in [5, 5.41) is 3.24. The standard InChI is InChI=1S/C15H20F2N2O2/c16-12-4-5-14(13(17)11-12)21-10-1-3-15(20)19-8-2-6-18-7-9-19/h4-5,11,18H,1-3,6-10H2. The molecule has 0 bridgehead atoms. The lowest BCUT2D eigenvalue weighted by Crippen LogP contribution is -2.34. The second-order valence-electron chi connectivity index (χ2n) is 5.01. The first-order chi connectivity index (χ1) is 10.2. The number of rotatable bonds is 5. The number of nitrogens with one attached hydrogen (secondary N) is 1. The first-order valence-electron chi connectivity index (χ1n) is 7.23. The third-order valence-electron chi connectivity index (χ3n) is 3.38. The molecule has 1 aliphatic heterocycles. The number of carbonyl (C=O) groups excluding carboxylic acids is 1. The predicted molar refractivity (Wildman–Crippen MR) is 75.2 cm³/mol. The lowest BCUT2D eigenvalue weighted by Gasteiger charge is -2.19. The summed E-state index contributed by atoms with van der Waals surface area (Å²) < 4.78 is 31.3. The van der Waals surface area contributed by atoms with E-state index in [0.717, 1.165) is 44.7 Å². The number of benzene rings is 1. The number of halogens is 2. The number of nitrogens with zero attached hydrogens (tertiary/aromatic N) is 1. The largest absolute Gasteiger partial charge is 0.491 e. The Morgan fingerprint density at radius 3 is 2.95 bits per heavy atom. The first-order valence-corrected chi connectivity index (χ1v) is 7.23. The van der Waals surface area contributed by atoms with Gasteiger partial charge in [-0.1, -0.05) is 0 Å². The molecule has 0 radical (unpaired) electrons. The van der Waals surface area contributed by atoms with Gasteiger partial charge in [0.2, 0.25) is 5.91 Å². The van der Waals surface area contributed by atoms with Crippen molar-refractivity contribution in [2.24, 2.45) is 0 Å². The minimum Gasteiger partial charge on any atom is -0.491 e. The highest BCUT2D eigenvalue weighted by molar-refractivity contribution is 5.76. The third-order valence-corrected chi connectivity index (χ3v) is 3.38. The minimum absolute atomic E-state index is 0.0165. The van der Waals surface area contributed by atoms with E-state index in [1.807, 2.05) is 4.90 Å². The van der Waals surface area contributed by atoms with Gasteiger partial charge in [-0.25, -0.2) is 8.78 Å². The van der Waals surface area contributed by atoms with Gasteiger partial charge < -0.3 is 15.0 Å². The molecule has 0 unspecified atom stereocenters. The molecule has 21 heavy (non-hydrogen) atoms. The van der Waals surface area contributed by atoms with Crippen LogP contribution in [-0.4, -0.2) is 43.6 Å². The average molecular weight is 298 g/mol. The maximum atomic E-state index is 13.3. The van der Waals surface area contributed by atoms with Gasteiger partial charge in [-0.3, -0.25) is 4.79 Å². The Bertz CT molecular complexity index is 475. The molecule has 0 spiro atoms. The van der Waals surface area contributed by atoms with Crippen LogP contribution in [0.3, 0.4) is 0 Å². The van der Waals surface area contributed by atoms with Gasteiger partial charge in [0, 0.05) is 32.1 Å². The van der Waals surface area contributed by atoms with Crippen LogP contribution in [-0.2, 0) is 4.79 Å². The van der Waals surface area contributed by atoms with E-state index in [0.29, 0.717) is 12.8 Å². The fourth-order valence-corrected chi connectivity index (χ4v) is 2.25. The van der Waals surface area contributed by atoms with E-state index in [1.165, 1.54) is 6.07 Å². The maximum Gasteiger partial charge on any atom is 0.222 e. The van der Waals surface area contributed by atoms with Crippen LogP contribution in [0, 0.1) is 11.6 Å². The van der Waals surface area contributed by atoms with E-state index in [9.17, 15) is 13.6 Å². The molecule has 116 valence electrons. The Balaban J connectivity index is 1.70. The summed E-state index contributed by atoms with van der Waals surface area (Å²) in [4.78, 5) is 13.8. The van der Waals surface area contributed by atoms with Crippen LogP contribution in [0.2, 0.25) is 0 Å². The second-order valence-corrected chi connectivity index (χ2v) is 5.01. The van der Waals surface area contributed by atoms with Crippen molar-refractivity contribution < 1.29 is 18.3 Å². The lowest BCUT2D eigenvalue weighted by atomic mass is 10.2. The average Bonchev–Trinajstić information content (AvgIpc) is 2.74. The lowest BCUT2D eigenvalue weighted by molar-refractivity contribution is -0.131. The number of carbonyl (C=O) groups is 1. The molecule has 6 heteroatoms. The molecule has 1 heterocycles. The quantitative estimate of drug-likeness (QED) is 0.845. The highest BCUT2D eigenvalue weighted by Crippen LogP contribution is 2.17. The second kappa shape index (κ2) is 7.93. The summed E-state index contributed by atoms with van der Waals surface area (Å²) in [5.74, 6) is -1.24. The molecule has 0 aromatic heterocycles. The molecule has 2 rings (SSSR count). The van der Waals surface area contributed by atoms with Gasteiger partial charge in [0.05, 0.1) is 6.61 Å². The normalized spacial score (nSPS) is 15.6. The zero-order valence-corrected chi connectivity index (χ0v) is 11.9. The van der Waals surface area contributed by atoms with Crippen molar-refractivity contribution in [2.45, 2.75) is 19.3 Å². The highest BCUT2D eigenvalue weighted by atomic mass is 19.1. The summed E-state index contributed by atoms with van der Waals surface area (Å²) in [6, 6.07) is 3.19. The van der Waals surface area contributed by atoms with Crippen molar-refractivity contribution in [3.63, 3.8) is 0 Å². The smallest absolute Gasteiger partial charge is 0.222 e. The van der Waals surface area contributed by atoms with Gasteiger partial charge in [-0.05, 0) is 31.5 Å². The molecule has 1 saturated heterocycles. The topological polar surface area (TPSA) is 41.6 Å². The Kier molecular flexibility index (Phi) is 5.92. The minimum atomic E-state index is -0.722. The molecule has 1 fully saturated rings. The fraction of sp³-hybridized carbons (Fsp3) is 0.533. The third kappa shape index (κ3) is 4.97. The van der Waals surface area contributed by atoms with Crippen LogP contribution in [0.5, 0.6) is 5.75 Å². The van der Waals surface area contributed by atoms with E-state index in [2.05, 4.69) is 5.32 Å². The van der Waals surface area contributed by atoms with E-state index in [4.69, 9.17) is 4.74 Å². The summed E-state index contributed by atoms with van der Waals surface area (Å²) in [6.07, 6.45) is 1.85. The zero-order chi connectivity index (χ0) is 15.1. The molecule has 1 amide bonds. The number of ether oxygens (including phenoxy) is 1. The van der Waals surface area contributed by atoms with Gasteiger partial charge in [-0.15, -0.1) is 0 Å². The van der Waals surface area contributed by atoms with Crippen molar-refractivity contribution in [1.82, 2.24) is 10.2 Å². The van der Waals surface area contributed by atoms with Crippen molar-refractivity contribution in [1.29, 1.82) is 0 Å². The Labute approximate surface area is 123 Å². The van der Waals surface area contributed by atoms with E-state index in [1.54, 1.807) is 0 Å². The number of amides is 1. The van der Waals surface area contributed by atoms with Crippen LogP contribution in [0.4, 0.5) is 8.78 Å². The molecular weight excluding hydrogens is 278 g/mol. The molecule has 1 aromatic carbocycles. The Morgan fingerprint density at radius 1 is 1.29 bits per heavy atom. The molecule has 1 N–H and O–H groups in total. The van der Waals surface area contributed by atoms with Crippen LogP contribution < -0.4 is 10.1 Å². The van der Waals surface area contributed by atoms with Crippen LogP contribution in [0.25, 0.3) is 0 Å². The van der Waals surface area contributed by atoms with Crippen LogP contribution in [0.1, 0.15) is 19.3 Å². The van der Waals surface area contributed by atoms with Crippen LogP contribution in [0.15, 0.2) is 18.2 Å². The fourth-order valence-electron chi connectivity index (χ4n) is 2.25. The van der Waals surface area contributed by atoms with Gasteiger partial charge in [0.1, 0.15) is 5.82 Å². The van der Waals surface area contributed by atoms with Crippen molar-refractivity contribution in [2.75, 3.05) is 32.8 Å². The summed E-state index contributed by atoms with van der Waals surface area (Å²) in [5.41, 5.74) is 0. The van der Waals surface area contributed by atoms with Gasteiger partial charge in [0.25, 0.3) is 0 Å². The molecule has 0 saturated carbocycles. The predicted octanol–water partition coefficient (Wildman–Crippen LogP) is 1.95. The number of hydrogen-bond donors (Lipinski definition) is 1. The molecule has 1 aliphatic rings. The van der Waals surface area contributed by atoms with Gasteiger partial charge in [-0.2, -0.15) is 0 Å². The summed E-state index contributed by atoms with van der Waals surface area (Å²) in [7, 11) is 0. The van der Waals surface area contributed by atoms with Crippen molar-refractivity contribution in [3.8, 4) is 5.75 Å². The Morgan fingerprint density at radius 2 is 2.14 bits per heavy atom. The SMILES string of the molecule is O=C(CCCOc1ccc(F)cc1F)N1CCCNCC1. The molecule has 1 aromatic rings. The monoisotopic (exact) mass is 298 g/mol. The zero-order valence-electron chi connectivity index (χ0n) is 11.9. The van der Waals surface area contributed by atoms with Gasteiger partial charge >= 0.3 is 0 Å². The molecule has 4 nitrogen and oxygen atoms in total. The van der Waals surface area contributed by atoms with Crippen molar-refractivity contribution >= 4 is 5.91 Å².